The number of carbonyl (C=O) groups is 2. The van der Waals surface area contributed by atoms with Crippen molar-refractivity contribution in [3.63, 3.8) is 0 Å². The van der Waals surface area contributed by atoms with E-state index in [0.29, 0.717) is 18.0 Å². The number of hydrogen-bond donors (Lipinski definition) is 1. The summed E-state index contributed by atoms with van der Waals surface area (Å²) in [5, 5.41) is 12.3. The second-order valence-corrected chi connectivity index (χ2v) is 7.33. The zero-order chi connectivity index (χ0) is 19.4. The zero-order valence-corrected chi connectivity index (χ0v) is 16.3. The molecule has 142 valence electrons. The van der Waals surface area contributed by atoms with Crippen LogP contribution >= 0.6 is 11.3 Å². The summed E-state index contributed by atoms with van der Waals surface area (Å²) in [6, 6.07) is 10.3. The second-order valence-electron chi connectivity index (χ2n) is 6.39. The van der Waals surface area contributed by atoms with E-state index in [2.05, 4.69) is 0 Å². The number of rotatable bonds is 8. The van der Waals surface area contributed by atoms with Gasteiger partial charge in [-0.25, -0.2) is 0 Å². The van der Waals surface area contributed by atoms with Gasteiger partial charge in [0.1, 0.15) is 5.75 Å². The number of amides is 1. The van der Waals surface area contributed by atoms with E-state index < -0.39 is 17.7 Å². The largest absolute Gasteiger partial charge is 0.503 e. The van der Waals surface area contributed by atoms with E-state index in [0.717, 1.165) is 24.2 Å². The highest BCUT2D eigenvalue weighted by Crippen LogP contribution is 2.39. The van der Waals surface area contributed by atoms with Gasteiger partial charge in [0.2, 0.25) is 5.78 Å². The van der Waals surface area contributed by atoms with E-state index in [1.165, 1.54) is 11.3 Å². The first-order valence-electron chi connectivity index (χ1n) is 9.13. The van der Waals surface area contributed by atoms with Crippen LogP contribution in [-0.4, -0.2) is 34.8 Å². The van der Waals surface area contributed by atoms with Crippen LogP contribution < -0.4 is 4.74 Å². The van der Waals surface area contributed by atoms with Crippen molar-refractivity contribution in [3.05, 3.63) is 63.6 Å². The maximum Gasteiger partial charge on any atom is 0.290 e. The second kappa shape index (κ2) is 8.39. The van der Waals surface area contributed by atoms with Crippen molar-refractivity contribution < 1.29 is 19.4 Å². The number of aliphatic hydroxyl groups excluding tert-OH is 1. The Hall–Kier alpha value is -2.60. The van der Waals surface area contributed by atoms with Crippen molar-refractivity contribution in [2.45, 2.75) is 32.7 Å². The van der Waals surface area contributed by atoms with Gasteiger partial charge in [0.15, 0.2) is 5.76 Å². The highest BCUT2D eigenvalue weighted by Gasteiger charge is 2.43. The van der Waals surface area contributed by atoms with E-state index in [1.54, 1.807) is 22.4 Å². The molecule has 1 atom stereocenters. The Morgan fingerprint density at radius 1 is 1.19 bits per heavy atom. The lowest BCUT2D eigenvalue weighted by molar-refractivity contribution is -0.129. The predicted octanol–water partition coefficient (Wildman–Crippen LogP) is 4.53. The number of Topliss-reactive ketones (excluding diaryl/α,β-unsaturated/α-hetero) is 1. The van der Waals surface area contributed by atoms with Crippen LogP contribution in [-0.2, 0) is 4.79 Å². The molecule has 1 aliphatic heterocycles. The third-order valence-corrected chi connectivity index (χ3v) is 5.30. The monoisotopic (exact) mass is 385 g/mol. The van der Waals surface area contributed by atoms with Crippen molar-refractivity contribution in [1.29, 1.82) is 0 Å². The summed E-state index contributed by atoms with van der Waals surface area (Å²) >= 11 is 1.30. The van der Waals surface area contributed by atoms with Gasteiger partial charge in [0.25, 0.3) is 5.91 Å². The van der Waals surface area contributed by atoms with Gasteiger partial charge in [-0.3, -0.25) is 9.59 Å². The molecule has 1 unspecified atom stereocenters. The highest BCUT2D eigenvalue weighted by atomic mass is 32.1. The molecule has 0 saturated carbocycles. The number of ether oxygens (including phenoxy) is 1. The first-order valence-corrected chi connectivity index (χ1v) is 10.0. The normalized spacial score (nSPS) is 16.9. The summed E-state index contributed by atoms with van der Waals surface area (Å²) in [4.78, 5) is 27.7. The van der Waals surface area contributed by atoms with Gasteiger partial charge in [0.05, 0.1) is 23.1 Å². The minimum atomic E-state index is -0.590. The third-order valence-electron chi connectivity index (χ3n) is 4.43. The lowest BCUT2D eigenvalue weighted by Crippen LogP contribution is -2.31. The molecule has 1 N–H and O–H groups in total. The smallest absolute Gasteiger partial charge is 0.290 e. The van der Waals surface area contributed by atoms with E-state index in [1.807, 2.05) is 38.1 Å². The number of benzene rings is 1. The summed E-state index contributed by atoms with van der Waals surface area (Å²) in [5.41, 5.74) is 0.933. The first-order chi connectivity index (χ1) is 13.1. The van der Waals surface area contributed by atoms with Crippen molar-refractivity contribution in [2.24, 2.45) is 0 Å². The maximum atomic E-state index is 13.0. The molecule has 0 radical (unpaired) electrons. The van der Waals surface area contributed by atoms with E-state index in [9.17, 15) is 14.7 Å². The minimum absolute atomic E-state index is 0.151. The van der Waals surface area contributed by atoms with Crippen LogP contribution in [0.3, 0.4) is 0 Å². The molecule has 0 spiro atoms. The molecule has 1 aliphatic rings. The number of ketones is 1. The van der Waals surface area contributed by atoms with Crippen LogP contribution in [0.5, 0.6) is 5.75 Å². The topological polar surface area (TPSA) is 66.8 Å². The Bertz CT molecular complexity index is 840. The van der Waals surface area contributed by atoms with Gasteiger partial charge in [-0.05, 0) is 42.0 Å². The molecule has 0 aliphatic carbocycles. The number of carbonyl (C=O) groups excluding carboxylic acids is 2. The quantitative estimate of drug-likeness (QED) is 0.678. The third kappa shape index (κ3) is 3.76. The van der Waals surface area contributed by atoms with E-state index in [4.69, 9.17) is 4.74 Å². The zero-order valence-electron chi connectivity index (χ0n) is 15.5. The Balaban J connectivity index is 1.99. The minimum Gasteiger partial charge on any atom is -0.503 e. The predicted molar refractivity (Wildman–Crippen MR) is 105 cm³/mol. The molecule has 27 heavy (non-hydrogen) atoms. The molecule has 2 aromatic rings. The summed E-state index contributed by atoms with van der Waals surface area (Å²) in [7, 11) is 0. The van der Waals surface area contributed by atoms with Gasteiger partial charge in [-0.1, -0.05) is 32.0 Å². The fourth-order valence-electron chi connectivity index (χ4n) is 3.21. The van der Waals surface area contributed by atoms with Crippen LogP contribution in [0.1, 0.15) is 48.0 Å². The Morgan fingerprint density at radius 2 is 1.93 bits per heavy atom. The highest BCUT2D eigenvalue weighted by molar-refractivity contribution is 7.12. The summed E-state index contributed by atoms with van der Waals surface area (Å²) in [6.45, 7) is 5.09. The fourth-order valence-corrected chi connectivity index (χ4v) is 3.89. The number of aliphatic hydroxyl groups is 1. The molecular formula is C21H23NO4S. The average molecular weight is 385 g/mol. The first kappa shape index (κ1) is 19.2. The summed E-state index contributed by atoms with van der Waals surface area (Å²) in [6.07, 6.45) is 1.65. The van der Waals surface area contributed by atoms with Crippen LogP contribution in [0, 0.1) is 0 Å². The average Bonchev–Trinajstić information content (AvgIpc) is 3.30. The Kier molecular flexibility index (Phi) is 5.96. The van der Waals surface area contributed by atoms with Crippen molar-refractivity contribution in [1.82, 2.24) is 4.90 Å². The number of nitrogens with zero attached hydrogens (tertiary/aromatic N) is 1. The van der Waals surface area contributed by atoms with Crippen molar-refractivity contribution in [2.75, 3.05) is 13.2 Å². The van der Waals surface area contributed by atoms with Crippen molar-refractivity contribution >= 4 is 23.0 Å². The van der Waals surface area contributed by atoms with Crippen LogP contribution in [0.2, 0.25) is 0 Å². The van der Waals surface area contributed by atoms with Crippen LogP contribution in [0.15, 0.2) is 53.1 Å². The van der Waals surface area contributed by atoms with Gasteiger partial charge in [0, 0.05) is 6.54 Å². The number of thiophene rings is 1. The summed E-state index contributed by atoms with van der Waals surface area (Å²) < 4.78 is 5.62. The lowest BCUT2D eigenvalue weighted by Gasteiger charge is -2.26. The lowest BCUT2D eigenvalue weighted by atomic mass is 9.95. The van der Waals surface area contributed by atoms with Gasteiger partial charge in [-0.15, -0.1) is 11.3 Å². The molecule has 0 bridgehead atoms. The molecule has 3 rings (SSSR count). The Labute approximate surface area is 162 Å². The molecule has 2 heterocycles. The van der Waals surface area contributed by atoms with Gasteiger partial charge in [-0.2, -0.15) is 0 Å². The molecule has 0 fully saturated rings. The van der Waals surface area contributed by atoms with Gasteiger partial charge < -0.3 is 14.7 Å². The van der Waals surface area contributed by atoms with E-state index in [-0.39, 0.29) is 11.4 Å². The molecule has 1 aromatic carbocycles. The van der Waals surface area contributed by atoms with Crippen LogP contribution in [0.4, 0.5) is 0 Å². The SMILES string of the molecule is CCCOc1ccc(C2C(C(=O)c3cccs3)=C(O)C(=O)N2CCC)cc1. The standard InChI is InChI=1S/C21H23NO4S/c1-3-11-22-18(14-7-9-15(10-8-14)26-12-4-2)17(20(24)21(22)25)19(23)16-6-5-13-27-16/h5-10,13,18,24H,3-4,11-12H2,1-2H3. The van der Waals surface area contributed by atoms with Crippen molar-refractivity contribution in [3.8, 4) is 5.75 Å². The van der Waals surface area contributed by atoms with Gasteiger partial charge >= 0.3 is 0 Å². The molecular weight excluding hydrogens is 362 g/mol. The summed E-state index contributed by atoms with van der Waals surface area (Å²) in [5.74, 6) is -0.497. The molecule has 6 heteroatoms. The molecule has 1 amide bonds. The maximum absolute atomic E-state index is 13.0. The van der Waals surface area contributed by atoms with Crippen LogP contribution in [0.25, 0.3) is 0 Å². The molecule has 5 nitrogen and oxygen atoms in total. The molecule has 1 aromatic heterocycles. The Morgan fingerprint density at radius 3 is 2.52 bits per heavy atom. The number of hydrogen-bond acceptors (Lipinski definition) is 5. The fraction of sp³-hybridized carbons (Fsp3) is 0.333. The van der Waals surface area contributed by atoms with E-state index >= 15 is 0 Å². The molecule has 0 saturated heterocycles.